The second-order valence-electron chi connectivity index (χ2n) is 7.05. The van der Waals surface area contributed by atoms with Crippen LogP contribution in [0.4, 0.5) is 5.69 Å². The number of aliphatic imine (C=N–C) groups is 1. The maximum atomic E-state index is 12.9. The fourth-order valence-electron chi connectivity index (χ4n) is 3.87. The lowest BCUT2D eigenvalue weighted by Gasteiger charge is -2.37. The lowest BCUT2D eigenvalue weighted by molar-refractivity contribution is -0.127. The van der Waals surface area contributed by atoms with Crippen LogP contribution in [0.15, 0.2) is 45.8 Å². The molecule has 0 spiro atoms. The number of piperazine rings is 1. The van der Waals surface area contributed by atoms with Crippen molar-refractivity contribution in [3.8, 4) is 0 Å². The molecule has 2 N–H and O–H groups in total. The van der Waals surface area contributed by atoms with E-state index in [-0.39, 0.29) is 18.1 Å². The van der Waals surface area contributed by atoms with Gasteiger partial charge in [-0.15, -0.1) is 0 Å². The summed E-state index contributed by atoms with van der Waals surface area (Å²) in [6, 6.07) is 7.17. The maximum Gasteiger partial charge on any atom is 0.346 e. The molecule has 2 aromatic rings. The van der Waals surface area contributed by atoms with E-state index in [1.807, 2.05) is 23.1 Å². The summed E-state index contributed by atoms with van der Waals surface area (Å²) in [5.41, 5.74) is 0.800. The number of benzene rings is 1. The molecule has 4 rings (SSSR count). The van der Waals surface area contributed by atoms with Crippen molar-refractivity contribution >= 4 is 34.7 Å². The number of ether oxygens (including phenoxy) is 1. The van der Waals surface area contributed by atoms with Gasteiger partial charge in [-0.2, -0.15) is 0 Å². The van der Waals surface area contributed by atoms with Gasteiger partial charge < -0.3 is 20.4 Å². The Morgan fingerprint density at radius 1 is 1.17 bits per heavy atom. The Labute approximate surface area is 173 Å². The highest BCUT2D eigenvalue weighted by atomic mass is 16.5. The van der Waals surface area contributed by atoms with E-state index in [1.165, 1.54) is 0 Å². The number of aromatic nitrogens is 1. The number of hydrogen-bond donors (Lipinski definition) is 1. The number of carbonyl (C=O) groups excluding carboxylic acids is 2. The first kappa shape index (κ1) is 19.7. The van der Waals surface area contributed by atoms with E-state index in [0.29, 0.717) is 54.9 Å². The van der Waals surface area contributed by atoms with Crippen LogP contribution in [0.3, 0.4) is 0 Å². The minimum absolute atomic E-state index is 0.0825. The van der Waals surface area contributed by atoms with Crippen molar-refractivity contribution in [1.29, 1.82) is 0 Å². The summed E-state index contributed by atoms with van der Waals surface area (Å²) in [5.74, 6) is 5.19. The van der Waals surface area contributed by atoms with Crippen LogP contribution in [0.2, 0.25) is 0 Å². The quantitative estimate of drug-likeness (QED) is 0.593. The van der Waals surface area contributed by atoms with E-state index in [1.54, 1.807) is 30.2 Å². The van der Waals surface area contributed by atoms with Gasteiger partial charge in [-0.1, -0.05) is 18.2 Å². The number of esters is 1. The number of nitrogens with two attached hydrogens (primary N) is 1. The fraction of sp³-hybridized carbons (Fsp3) is 0.333. The monoisotopic (exact) mass is 409 g/mol. The van der Waals surface area contributed by atoms with Crippen molar-refractivity contribution in [3.63, 3.8) is 0 Å². The molecule has 0 bridgehead atoms. The molecule has 0 unspecified atom stereocenters. The zero-order valence-electron chi connectivity index (χ0n) is 16.7. The number of nitrogen functional groups attached to an aromatic ring is 1. The highest BCUT2D eigenvalue weighted by molar-refractivity contribution is 6.05. The number of nitrogens with zero attached hydrogens (tertiary/aromatic N) is 4. The van der Waals surface area contributed by atoms with Gasteiger partial charge in [-0.3, -0.25) is 14.6 Å². The topological polar surface area (TPSA) is 110 Å². The van der Waals surface area contributed by atoms with Crippen LogP contribution in [-0.2, 0) is 9.53 Å². The number of allylic oxidation sites excluding steroid dienone is 1. The molecule has 0 aliphatic carbocycles. The summed E-state index contributed by atoms with van der Waals surface area (Å²) in [4.78, 5) is 46.0. The molecule has 0 saturated carbocycles. The first-order valence-electron chi connectivity index (χ1n) is 9.89. The van der Waals surface area contributed by atoms with Gasteiger partial charge in [0.15, 0.2) is 5.56 Å². The number of pyridine rings is 1. The van der Waals surface area contributed by atoms with Gasteiger partial charge in [0, 0.05) is 44.2 Å². The number of amides is 1. The lowest BCUT2D eigenvalue weighted by atomic mass is 10.1. The zero-order chi connectivity index (χ0) is 21.3. The van der Waals surface area contributed by atoms with Crippen molar-refractivity contribution in [2.45, 2.75) is 13.3 Å². The minimum atomic E-state index is -0.702. The molecule has 2 aliphatic rings. The van der Waals surface area contributed by atoms with Gasteiger partial charge in [0.1, 0.15) is 5.70 Å². The molecule has 156 valence electrons. The molecular weight excluding hydrogens is 386 g/mol. The average Bonchev–Trinajstić information content (AvgIpc) is 3.31. The second kappa shape index (κ2) is 8.02. The molecule has 30 heavy (non-hydrogen) atoms. The Bertz CT molecular complexity index is 1130. The number of para-hydroxylation sites is 1. The van der Waals surface area contributed by atoms with E-state index in [0.717, 1.165) is 4.68 Å². The Morgan fingerprint density at radius 3 is 2.57 bits per heavy atom. The van der Waals surface area contributed by atoms with Crippen LogP contribution in [0.25, 0.3) is 10.9 Å². The zero-order valence-corrected chi connectivity index (χ0v) is 16.7. The van der Waals surface area contributed by atoms with Crippen LogP contribution in [0.5, 0.6) is 0 Å². The van der Waals surface area contributed by atoms with Crippen LogP contribution < -0.4 is 16.3 Å². The molecule has 1 aromatic heterocycles. The van der Waals surface area contributed by atoms with Gasteiger partial charge in [0.2, 0.25) is 0 Å². The smallest absolute Gasteiger partial charge is 0.346 e. The van der Waals surface area contributed by atoms with Crippen LogP contribution >= 0.6 is 0 Å². The summed E-state index contributed by atoms with van der Waals surface area (Å²) in [7, 11) is 0. The molecule has 0 atom stereocenters. The van der Waals surface area contributed by atoms with Crippen molar-refractivity contribution < 1.29 is 14.3 Å². The van der Waals surface area contributed by atoms with E-state index in [9.17, 15) is 14.4 Å². The predicted octanol–water partition coefficient (Wildman–Crippen LogP) is 0.899. The number of hydrogen-bond acceptors (Lipinski definition) is 7. The van der Waals surface area contributed by atoms with Gasteiger partial charge in [-0.25, -0.2) is 9.47 Å². The van der Waals surface area contributed by atoms with Crippen LogP contribution in [0, 0.1) is 0 Å². The Balaban J connectivity index is 1.72. The summed E-state index contributed by atoms with van der Waals surface area (Å²) < 4.78 is 6.13. The number of fused-ring (bicyclic) bond motifs is 1. The second-order valence-corrected chi connectivity index (χ2v) is 7.05. The highest BCUT2D eigenvalue weighted by Crippen LogP contribution is 2.30. The van der Waals surface area contributed by atoms with E-state index < -0.39 is 11.5 Å². The third kappa shape index (κ3) is 3.32. The Morgan fingerprint density at radius 2 is 1.90 bits per heavy atom. The number of rotatable bonds is 4. The third-order valence-corrected chi connectivity index (χ3v) is 5.32. The molecule has 9 nitrogen and oxygen atoms in total. The Hall–Kier alpha value is -3.62. The fourth-order valence-corrected chi connectivity index (χ4v) is 3.87. The predicted molar refractivity (Wildman–Crippen MR) is 114 cm³/mol. The number of carbonyl (C=O) groups is 2. The van der Waals surface area contributed by atoms with E-state index in [4.69, 9.17) is 10.6 Å². The average molecular weight is 409 g/mol. The molecule has 1 aromatic carbocycles. The molecule has 3 heterocycles. The molecular formula is C21H23N5O4. The summed E-state index contributed by atoms with van der Waals surface area (Å²) in [5, 5.41) is 0.686. The standard InChI is InChI=1S/C21H23N5O4/c1-2-30-21(29)17-18(14-6-3-4-8-16(14)26(22)20(17)28)24-10-12-25(13-11-24)19(27)15-7-5-9-23-15/h3-4,6-9H,2,5,10-13,22H2,1H3. The summed E-state index contributed by atoms with van der Waals surface area (Å²) in [6.07, 6.45) is 4.19. The van der Waals surface area contributed by atoms with Gasteiger partial charge >= 0.3 is 5.97 Å². The Kier molecular flexibility index (Phi) is 5.26. The summed E-state index contributed by atoms with van der Waals surface area (Å²) in [6.45, 7) is 3.67. The maximum absolute atomic E-state index is 12.9. The van der Waals surface area contributed by atoms with Crippen LogP contribution in [-0.4, -0.2) is 60.5 Å². The van der Waals surface area contributed by atoms with Gasteiger partial charge in [0.05, 0.1) is 17.8 Å². The largest absolute Gasteiger partial charge is 0.462 e. The molecule has 2 aliphatic heterocycles. The van der Waals surface area contributed by atoms with Crippen molar-refractivity contribution in [3.05, 3.63) is 52.0 Å². The van der Waals surface area contributed by atoms with E-state index >= 15 is 0 Å². The SMILES string of the molecule is CCOC(=O)c1c(N2CCN(C(=O)C3=CCC=N3)CC2)c2ccccc2n(N)c1=O. The molecule has 1 amide bonds. The molecule has 9 heteroatoms. The van der Waals surface area contributed by atoms with Gasteiger partial charge in [0.25, 0.3) is 11.5 Å². The lowest BCUT2D eigenvalue weighted by Crippen LogP contribution is -2.50. The van der Waals surface area contributed by atoms with Gasteiger partial charge in [-0.05, 0) is 19.1 Å². The minimum Gasteiger partial charge on any atom is -0.462 e. The molecule has 0 radical (unpaired) electrons. The van der Waals surface area contributed by atoms with Crippen molar-refractivity contribution in [2.24, 2.45) is 4.99 Å². The third-order valence-electron chi connectivity index (χ3n) is 5.32. The van der Waals surface area contributed by atoms with Crippen molar-refractivity contribution in [2.75, 3.05) is 43.5 Å². The van der Waals surface area contributed by atoms with Crippen molar-refractivity contribution in [1.82, 2.24) is 9.58 Å². The first-order chi connectivity index (χ1) is 14.5. The van der Waals surface area contributed by atoms with Crippen LogP contribution in [0.1, 0.15) is 23.7 Å². The molecule has 1 saturated heterocycles. The number of anilines is 1. The highest BCUT2D eigenvalue weighted by Gasteiger charge is 2.30. The summed E-state index contributed by atoms with van der Waals surface area (Å²) >= 11 is 0. The molecule has 1 fully saturated rings. The normalized spacial score (nSPS) is 16.1. The van der Waals surface area contributed by atoms with E-state index in [2.05, 4.69) is 4.99 Å². The first-order valence-corrected chi connectivity index (χ1v) is 9.89.